The zero-order valence-electron chi connectivity index (χ0n) is 12.6. The van der Waals surface area contributed by atoms with Crippen LogP contribution in [-0.4, -0.2) is 19.0 Å². The van der Waals surface area contributed by atoms with Crippen LogP contribution in [-0.2, 0) is 6.42 Å². The van der Waals surface area contributed by atoms with Gasteiger partial charge in [-0.2, -0.15) is 0 Å². The lowest BCUT2D eigenvalue weighted by Gasteiger charge is -2.27. The third-order valence-corrected chi connectivity index (χ3v) is 3.82. The van der Waals surface area contributed by atoms with Crippen LogP contribution in [0, 0.1) is 5.82 Å². The second-order valence-electron chi connectivity index (χ2n) is 5.50. The summed E-state index contributed by atoms with van der Waals surface area (Å²) in [5.74, 6) is -0.590. The molecule has 1 heterocycles. The molecule has 0 bridgehead atoms. The largest absolute Gasteiger partial charge is 0.573 e. The van der Waals surface area contributed by atoms with Crippen LogP contribution in [0.25, 0.3) is 11.1 Å². The number of para-hydroxylation sites is 1. The van der Waals surface area contributed by atoms with Crippen LogP contribution >= 0.6 is 0 Å². The molecule has 136 valence electrons. The number of nitrogens with two attached hydrogens (primary N) is 1. The highest BCUT2D eigenvalue weighted by molar-refractivity contribution is 5.77. The summed E-state index contributed by atoms with van der Waals surface area (Å²) in [7, 11) is 0. The van der Waals surface area contributed by atoms with Gasteiger partial charge in [-0.1, -0.05) is 25.6 Å². The van der Waals surface area contributed by atoms with Crippen molar-refractivity contribution >= 4 is 0 Å². The molecule has 1 atom stereocenters. The molecule has 0 fully saturated rings. The average Bonchev–Trinajstić information content (AvgIpc) is 2.53. The topological polar surface area (TPSA) is 44.5 Å². The molecule has 0 aliphatic carbocycles. The van der Waals surface area contributed by atoms with E-state index in [1.54, 1.807) is 6.07 Å². The summed E-state index contributed by atoms with van der Waals surface area (Å²) < 4.78 is 61.7. The molecule has 0 aromatic heterocycles. The summed E-state index contributed by atoms with van der Waals surface area (Å²) in [5, 5.41) is 0. The van der Waals surface area contributed by atoms with Gasteiger partial charge in [0.15, 0.2) is 0 Å². The fourth-order valence-corrected chi connectivity index (χ4v) is 2.79. The van der Waals surface area contributed by atoms with Crippen molar-refractivity contribution in [2.45, 2.75) is 32.7 Å². The van der Waals surface area contributed by atoms with E-state index in [1.807, 2.05) is 0 Å². The van der Waals surface area contributed by atoms with Gasteiger partial charge in [-0.05, 0) is 36.6 Å². The Morgan fingerprint density at radius 1 is 1.16 bits per heavy atom. The number of aryl methyl sites for hydroxylation is 1. The van der Waals surface area contributed by atoms with Gasteiger partial charge in [0.05, 0.1) is 0 Å². The number of hydrogen-bond donors (Lipinski definition) is 1. The molecule has 0 spiro atoms. The molecule has 1 aliphatic rings. The van der Waals surface area contributed by atoms with E-state index in [-0.39, 0.29) is 31.2 Å². The number of fused-ring (bicyclic) bond motifs is 1. The zero-order valence-corrected chi connectivity index (χ0v) is 12.6. The Morgan fingerprint density at radius 2 is 1.88 bits per heavy atom. The van der Waals surface area contributed by atoms with E-state index in [0.29, 0.717) is 24.2 Å². The first-order valence-electron chi connectivity index (χ1n) is 7.41. The van der Waals surface area contributed by atoms with Crippen LogP contribution in [0.3, 0.4) is 0 Å². The Kier molecular flexibility index (Phi) is 5.57. The van der Waals surface area contributed by atoms with Crippen molar-refractivity contribution in [1.29, 1.82) is 0 Å². The Bertz CT molecular complexity index is 746. The van der Waals surface area contributed by atoms with Crippen LogP contribution in [0.15, 0.2) is 36.4 Å². The first-order chi connectivity index (χ1) is 11.4. The van der Waals surface area contributed by atoms with Crippen LogP contribution in [0.1, 0.15) is 19.4 Å². The van der Waals surface area contributed by atoms with E-state index in [2.05, 4.69) is 4.74 Å². The molecule has 2 aromatic carbocycles. The number of alkyl halides is 3. The standard InChI is InChI=1S/C17H15F4NO2.CH4/c18-11-7-10-5-6-12(9-22)23-16(10)14(8-11)13-3-1-2-4-15(13)24-17(19,20)21;/h1-4,7-8,12H,5-6,9,22H2;1H4/t12-;/m1./s1. The van der Waals surface area contributed by atoms with Gasteiger partial charge in [0, 0.05) is 17.7 Å². The maximum absolute atomic E-state index is 13.9. The summed E-state index contributed by atoms with van der Waals surface area (Å²) in [5.41, 5.74) is 6.57. The lowest BCUT2D eigenvalue weighted by Crippen LogP contribution is -2.30. The van der Waals surface area contributed by atoms with Crippen molar-refractivity contribution in [3.63, 3.8) is 0 Å². The molecule has 7 heteroatoms. The summed E-state index contributed by atoms with van der Waals surface area (Å²) in [6.45, 7) is 0.275. The predicted molar refractivity (Wildman–Crippen MR) is 87.0 cm³/mol. The maximum atomic E-state index is 13.9. The molecule has 25 heavy (non-hydrogen) atoms. The second kappa shape index (κ2) is 7.31. The molecule has 3 nitrogen and oxygen atoms in total. The summed E-state index contributed by atoms with van der Waals surface area (Å²) in [4.78, 5) is 0. The molecule has 2 N–H and O–H groups in total. The van der Waals surface area contributed by atoms with Crippen LogP contribution < -0.4 is 15.2 Å². The molecular formula is C18H19F4NO2. The summed E-state index contributed by atoms with van der Waals surface area (Å²) >= 11 is 0. The van der Waals surface area contributed by atoms with Gasteiger partial charge in [-0.3, -0.25) is 0 Å². The van der Waals surface area contributed by atoms with Crippen molar-refractivity contribution in [2.75, 3.05) is 6.54 Å². The minimum absolute atomic E-state index is 0. The van der Waals surface area contributed by atoms with Gasteiger partial charge in [0.2, 0.25) is 0 Å². The highest BCUT2D eigenvalue weighted by Gasteiger charge is 2.33. The van der Waals surface area contributed by atoms with Crippen molar-refractivity contribution < 1.29 is 27.0 Å². The van der Waals surface area contributed by atoms with Crippen LogP contribution in [0.2, 0.25) is 0 Å². The molecule has 0 radical (unpaired) electrons. The van der Waals surface area contributed by atoms with Crippen molar-refractivity contribution in [1.82, 2.24) is 0 Å². The molecule has 0 saturated heterocycles. The third kappa shape index (κ3) is 4.22. The number of halogens is 4. The summed E-state index contributed by atoms with van der Waals surface area (Å²) in [6, 6.07) is 8.07. The molecule has 1 aliphatic heterocycles. The second-order valence-corrected chi connectivity index (χ2v) is 5.50. The average molecular weight is 357 g/mol. The molecular weight excluding hydrogens is 338 g/mol. The monoisotopic (exact) mass is 357 g/mol. The molecule has 2 aromatic rings. The highest BCUT2D eigenvalue weighted by atomic mass is 19.4. The lowest BCUT2D eigenvalue weighted by atomic mass is 9.95. The first-order valence-corrected chi connectivity index (χ1v) is 7.41. The van der Waals surface area contributed by atoms with E-state index in [0.717, 1.165) is 6.07 Å². The van der Waals surface area contributed by atoms with Gasteiger partial charge in [0.25, 0.3) is 0 Å². The molecule has 0 amide bonds. The third-order valence-electron chi connectivity index (χ3n) is 3.82. The smallest absolute Gasteiger partial charge is 0.488 e. The fourth-order valence-electron chi connectivity index (χ4n) is 2.79. The first kappa shape index (κ1) is 19.1. The van der Waals surface area contributed by atoms with Gasteiger partial charge in [-0.25, -0.2) is 4.39 Å². The maximum Gasteiger partial charge on any atom is 0.573 e. The van der Waals surface area contributed by atoms with Crippen LogP contribution in [0.5, 0.6) is 11.5 Å². The summed E-state index contributed by atoms with van der Waals surface area (Å²) in [6.07, 6.45) is -3.92. The number of ether oxygens (including phenoxy) is 2. The lowest BCUT2D eigenvalue weighted by molar-refractivity contribution is -0.274. The SMILES string of the molecule is C.NC[C@H]1CCc2cc(F)cc(-c3ccccc3OC(F)(F)F)c2O1. The van der Waals surface area contributed by atoms with Gasteiger partial charge >= 0.3 is 6.36 Å². The predicted octanol–water partition coefficient (Wildman–Crippen LogP) is 4.68. The van der Waals surface area contributed by atoms with E-state index >= 15 is 0 Å². The number of benzene rings is 2. The number of rotatable bonds is 3. The van der Waals surface area contributed by atoms with E-state index < -0.39 is 17.9 Å². The molecule has 0 unspecified atom stereocenters. The van der Waals surface area contributed by atoms with Crippen molar-refractivity contribution in [2.24, 2.45) is 5.73 Å². The Morgan fingerprint density at radius 3 is 2.56 bits per heavy atom. The Balaban J connectivity index is 0.00000225. The Hall–Kier alpha value is -2.28. The van der Waals surface area contributed by atoms with E-state index in [9.17, 15) is 17.6 Å². The normalized spacial score (nSPS) is 16.4. The van der Waals surface area contributed by atoms with E-state index in [4.69, 9.17) is 10.5 Å². The van der Waals surface area contributed by atoms with Gasteiger partial charge < -0.3 is 15.2 Å². The molecule has 0 saturated carbocycles. The van der Waals surface area contributed by atoms with E-state index in [1.165, 1.54) is 24.3 Å². The minimum atomic E-state index is -4.84. The van der Waals surface area contributed by atoms with Crippen molar-refractivity contribution in [3.05, 3.63) is 47.8 Å². The fraction of sp³-hybridized carbons (Fsp3) is 0.333. The number of hydrogen-bond acceptors (Lipinski definition) is 3. The molecule has 3 rings (SSSR count). The van der Waals surface area contributed by atoms with Gasteiger partial charge in [-0.15, -0.1) is 13.2 Å². The minimum Gasteiger partial charge on any atom is -0.488 e. The van der Waals surface area contributed by atoms with Crippen molar-refractivity contribution in [3.8, 4) is 22.6 Å². The quantitative estimate of drug-likeness (QED) is 0.811. The van der Waals surface area contributed by atoms with Gasteiger partial charge in [0.1, 0.15) is 23.4 Å². The zero-order chi connectivity index (χ0) is 17.3. The van der Waals surface area contributed by atoms with Crippen LogP contribution in [0.4, 0.5) is 17.6 Å². The Labute approximate surface area is 143 Å². The highest BCUT2D eigenvalue weighted by Crippen LogP contribution is 2.43.